The predicted octanol–water partition coefficient (Wildman–Crippen LogP) is 6.30. The van der Waals surface area contributed by atoms with E-state index in [0.29, 0.717) is 24.3 Å². The zero-order valence-corrected chi connectivity index (χ0v) is 21.6. The summed E-state index contributed by atoms with van der Waals surface area (Å²) >= 11 is 6.69. The van der Waals surface area contributed by atoms with Crippen LogP contribution in [0.15, 0.2) is 42.5 Å². The van der Waals surface area contributed by atoms with Crippen LogP contribution < -0.4 is 9.64 Å². The van der Waals surface area contributed by atoms with E-state index < -0.39 is 0 Å². The lowest BCUT2D eigenvalue weighted by Gasteiger charge is -2.27. The van der Waals surface area contributed by atoms with E-state index in [-0.39, 0.29) is 12.4 Å². The zero-order chi connectivity index (χ0) is 23.4. The normalized spacial score (nSPS) is 14.6. The number of fused-ring (bicyclic) bond motifs is 2. The number of aromatic nitrogens is 3. The molecule has 0 atom stereocenters. The second kappa shape index (κ2) is 9.34. The number of anilines is 1. The smallest absolute Gasteiger partial charge is 0.165 e. The van der Waals surface area contributed by atoms with E-state index in [0.717, 1.165) is 51.8 Å². The van der Waals surface area contributed by atoms with E-state index >= 15 is 0 Å². The number of hydrogen-bond donors (Lipinski definition) is 0. The minimum Gasteiger partial charge on any atom is -0.497 e. The van der Waals surface area contributed by atoms with Gasteiger partial charge in [0.25, 0.3) is 0 Å². The molecule has 1 aliphatic heterocycles. The number of halogens is 2. The molecule has 4 aromatic rings. The Labute approximate surface area is 216 Å². The first-order valence-corrected chi connectivity index (χ1v) is 12.1. The van der Waals surface area contributed by atoms with Crippen molar-refractivity contribution in [1.82, 2.24) is 14.6 Å². The summed E-state index contributed by atoms with van der Waals surface area (Å²) in [6.45, 7) is 6.05. The number of nitrogens with zero attached hydrogens (tertiary/aromatic N) is 4. The van der Waals surface area contributed by atoms with Crippen LogP contribution in [0.1, 0.15) is 40.9 Å². The highest BCUT2D eigenvalue weighted by Gasteiger charge is 2.35. The van der Waals surface area contributed by atoms with E-state index in [1.165, 1.54) is 24.0 Å². The van der Waals surface area contributed by atoms with Crippen molar-refractivity contribution in [1.29, 1.82) is 0 Å². The van der Waals surface area contributed by atoms with E-state index in [1.807, 2.05) is 29.6 Å². The van der Waals surface area contributed by atoms with Gasteiger partial charge in [0.15, 0.2) is 5.65 Å². The Morgan fingerprint density at radius 3 is 2.57 bits per heavy atom. The van der Waals surface area contributed by atoms with Gasteiger partial charge in [0.1, 0.15) is 11.6 Å². The standard InChI is InChI=1S/C27H27ClN4O2.ClH/c1-16-4-6-18(7-5-16)13-31(19-8-9-19)27-22-14-34-15-24(22)29-26-25(17(2)30-32(26)27)21-11-10-20(33-3)12-23(21)28;/h4-7,10-12,19H,8-9,13-15H2,1-3H3;1H. The fourth-order valence-corrected chi connectivity index (χ4v) is 5.09. The maximum absolute atomic E-state index is 6.69. The van der Waals surface area contributed by atoms with Crippen molar-refractivity contribution in [2.75, 3.05) is 12.0 Å². The third-order valence-electron chi connectivity index (χ3n) is 6.76. The summed E-state index contributed by atoms with van der Waals surface area (Å²) in [6.07, 6.45) is 2.37. The molecule has 2 aromatic heterocycles. The van der Waals surface area contributed by atoms with Gasteiger partial charge in [0.2, 0.25) is 0 Å². The molecule has 8 heteroatoms. The Kier molecular flexibility index (Phi) is 6.38. The van der Waals surface area contributed by atoms with Crippen molar-refractivity contribution in [3.8, 4) is 16.9 Å². The van der Waals surface area contributed by atoms with Gasteiger partial charge in [0, 0.05) is 23.7 Å². The molecule has 0 N–H and O–H groups in total. The number of rotatable bonds is 6. The second-order valence-electron chi connectivity index (χ2n) is 9.24. The van der Waals surface area contributed by atoms with Gasteiger partial charge >= 0.3 is 0 Å². The van der Waals surface area contributed by atoms with Crippen molar-refractivity contribution in [2.24, 2.45) is 0 Å². The van der Waals surface area contributed by atoms with Crippen molar-refractivity contribution >= 4 is 35.5 Å². The summed E-state index contributed by atoms with van der Waals surface area (Å²) in [4.78, 5) is 7.54. The molecule has 3 heterocycles. The topological polar surface area (TPSA) is 51.9 Å². The van der Waals surface area contributed by atoms with Gasteiger partial charge in [-0.1, -0.05) is 41.4 Å². The molecule has 0 amide bonds. The minimum absolute atomic E-state index is 0. The molecule has 0 spiro atoms. The lowest BCUT2D eigenvalue weighted by Crippen LogP contribution is -2.29. The molecule has 0 radical (unpaired) electrons. The summed E-state index contributed by atoms with van der Waals surface area (Å²) in [6, 6.07) is 15.0. The number of methoxy groups -OCH3 is 1. The highest BCUT2D eigenvalue weighted by Crippen LogP contribution is 2.41. The van der Waals surface area contributed by atoms with Gasteiger partial charge < -0.3 is 14.4 Å². The fraction of sp³-hybridized carbons (Fsp3) is 0.333. The first-order valence-electron chi connectivity index (χ1n) is 11.7. The molecule has 0 bridgehead atoms. The summed E-state index contributed by atoms with van der Waals surface area (Å²) < 4.78 is 13.2. The molecule has 0 saturated heterocycles. The van der Waals surface area contributed by atoms with Crippen LogP contribution in [-0.4, -0.2) is 27.7 Å². The third kappa shape index (κ3) is 4.24. The van der Waals surface area contributed by atoms with Crippen molar-refractivity contribution in [3.63, 3.8) is 0 Å². The highest BCUT2D eigenvalue weighted by molar-refractivity contribution is 6.33. The summed E-state index contributed by atoms with van der Waals surface area (Å²) in [5, 5.41) is 5.63. The summed E-state index contributed by atoms with van der Waals surface area (Å²) in [7, 11) is 1.64. The van der Waals surface area contributed by atoms with Crippen molar-refractivity contribution in [2.45, 2.75) is 52.5 Å². The summed E-state index contributed by atoms with van der Waals surface area (Å²) in [5.74, 6) is 1.82. The Morgan fingerprint density at radius 1 is 1.11 bits per heavy atom. The molecule has 2 aromatic carbocycles. The van der Waals surface area contributed by atoms with E-state index in [4.69, 9.17) is 31.2 Å². The maximum atomic E-state index is 6.69. The molecule has 6 nitrogen and oxygen atoms in total. The van der Waals surface area contributed by atoms with Gasteiger partial charge in [-0.25, -0.2) is 4.98 Å². The molecular weight excluding hydrogens is 483 g/mol. The molecule has 182 valence electrons. The molecule has 0 unspecified atom stereocenters. The second-order valence-corrected chi connectivity index (χ2v) is 9.65. The Morgan fingerprint density at radius 2 is 1.89 bits per heavy atom. The van der Waals surface area contributed by atoms with E-state index in [9.17, 15) is 0 Å². The van der Waals surface area contributed by atoms with Gasteiger partial charge in [-0.3, -0.25) is 0 Å². The molecule has 2 aliphatic rings. The van der Waals surface area contributed by atoms with Crippen LogP contribution in [0, 0.1) is 13.8 Å². The molecule has 35 heavy (non-hydrogen) atoms. The minimum atomic E-state index is 0. The average molecular weight is 511 g/mol. The lowest BCUT2D eigenvalue weighted by molar-refractivity contribution is 0.133. The van der Waals surface area contributed by atoms with E-state index in [1.54, 1.807) is 7.11 Å². The monoisotopic (exact) mass is 510 g/mol. The highest BCUT2D eigenvalue weighted by atomic mass is 35.5. The first-order chi connectivity index (χ1) is 16.5. The third-order valence-corrected chi connectivity index (χ3v) is 7.07. The first kappa shape index (κ1) is 23.9. The van der Waals surface area contributed by atoms with Crippen LogP contribution in [-0.2, 0) is 24.5 Å². The van der Waals surface area contributed by atoms with Crippen LogP contribution in [0.3, 0.4) is 0 Å². The van der Waals surface area contributed by atoms with Gasteiger partial charge in [-0.05, 0) is 50.5 Å². The Bertz CT molecular complexity index is 1400. The van der Waals surface area contributed by atoms with Crippen LogP contribution in [0.5, 0.6) is 5.75 Å². The predicted molar refractivity (Wildman–Crippen MR) is 141 cm³/mol. The fourth-order valence-electron chi connectivity index (χ4n) is 4.82. The molecule has 1 aliphatic carbocycles. The van der Waals surface area contributed by atoms with Crippen LogP contribution in [0.4, 0.5) is 5.82 Å². The van der Waals surface area contributed by atoms with Crippen molar-refractivity contribution in [3.05, 3.63) is 75.6 Å². The van der Waals surface area contributed by atoms with Crippen LogP contribution >= 0.6 is 24.0 Å². The van der Waals surface area contributed by atoms with Crippen LogP contribution in [0.25, 0.3) is 16.8 Å². The Balaban J connectivity index is 0.00000253. The largest absolute Gasteiger partial charge is 0.497 e. The number of aryl methyl sites for hydroxylation is 2. The molecule has 6 rings (SSSR count). The molecule has 1 saturated carbocycles. The zero-order valence-electron chi connectivity index (χ0n) is 20.0. The summed E-state index contributed by atoms with van der Waals surface area (Å²) in [5.41, 5.74) is 8.26. The number of ether oxygens (including phenoxy) is 2. The molecule has 1 fully saturated rings. The Hall–Kier alpha value is -2.80. The maximum Gasteiger partial charge on any atom is 0.165 e. The van der Waals surface area contributed by atoms with Gasteiger partial charge in [-0.2, -0.15) is 9.61 Å². The van der Waals surface area contributed by atoms with E-state index in [2.05, 4.69) is 36.1 Å². The van der Waals surface area contributed by atoms with Crippen molar-refractivity contribution < 1.29 is 9.47 Å². The SMILES string of the molecule is COc1ccc(-c2c(C)nn3c(N(Cc4ccc(C)cc4)C4CC4)c4c(nc23)COC4)c(Cl)c1.Cl. The average Bonchev–Trinajstić information content (AvgIpc) is 3.48. The lowest BCUT2D eigenvalue weighted by atomic mass is 10.1. The number of hydrogen-bond acceptors (Lipinski definition) is 5. The van der Waals surface area contributed by atoms with Gasteiger partial charge in [-0.15, -0.1) is 12.4 Å². The van der Waals surface area contributed by atoms with Gasteiger partial charge in [0.05, 0.1) is 42.3 Å². The number of benzene rings is 2. The van der Waals surface area contributed by atoms with Crippen LogP contribution in [0.2, 0.25) is 5.02 Å². The quantitative estimate of drug-likeness (QED) is 0.304. The molecular formula is C27H28Cl2N4O2.